The van der Waals surface area contributed by atoms with Gasteiger partial charge in [0.1, 0.15) is 12.4 Å². The van der Waals surface area contributed by atoms with Gasteiger partial charge in [0.05, 0.1) is 10.0 Å². The van der Waals surface area contributed by atoms with Crippen molar-refractivity contribution >= 4 is 52.1 Å². The topological polar surface area (TPSA) is 50.4 Å². The Hall–Kier alpha value is -2.60. The van der Waals surface area contributed by atoms with E-state index in [1.54, 1.807) is 42.5 Å². The van der Waals surface area contributed by atoms with Crippen molar-refractivity contribution in [3.63, 3.8) is 0 Å². The maximum absolute atomic E-state index is 12.5. The van der Waals surface area contributed by atoms with Gasteiger partial charge in [0.15, 0.2) is 5.11 Å². The molecule has 0 radical (unpaired) electrons. The Bertz CT molecular complexity index is 997. The molecule has 0 spiro atoms. The smallest absolute Gasteiger partial charge is 0.257 e. The molecular formula is C21H16Cl2N2O2S. The first-order chi connectivity index (χ1) is 13.5. The summed E-state index contributed by atoms with van der Waals surface area (Å²) >= 11 is 17.0. The summed E-state index contributed by atoms with van der Waals surface area (Å²) in [5, 5.41) is 6.51. The van der Waals surface area contributed by atoms with Crippen LogP contribution in [0.1, 0.15) is 15.9 Å². The van der Waals surface area contributed by atoms with Crippen molar-refractivity contribution in [2.24, 2.45) is 0 Å². The molecular weight excluding hydrogens is 415 g/mol. The molecule has 142 valence electrons. The van der Waals surface area contributed by atoms with E-state index in [9.17, 15) is 4.79 Å². The van der Waals surface area contributed by atoms with Crippen LogP contribution in [0.5, 0.6) is 5.75 Å². The summed E-state index contributed by atoms with van der Waals surface area (Å²) in [4.78, 5) is 12.5. The number of thiocarbonyl (C=S) groups is 1. The molecule has 7 heteroatoms. The Morgan fingerprint density at radius 2 is 1.71 bits per heavy atom. The molecule has 0 heterocycles. The average Bonchev–Trinajstić information content (AvgIpc) is 2.70. The Morgan fingerprint density at radius 1 is 0.929 bits per heavy atom. The van der Waals surface area contributed by atoms with Crippen molar-refractivity contribution < 1.29 is 9.53 Å². The van der Waals surface area contributed by atoms with Gasteiger partial charge in [-0.05, 0) is 54.2 Å². The third kappa shape index (κ3) is 5.70. The summed E-state index contributed by atoms with van der Waals surface area (Å²) in [6, 6.07) is 21.7. The fourth-order valence-corrected chi connectivity index (χ4v) is 2.89. The molecule has 3 rings (SSSR count). The van der Waals surface area contributed by atoms with Gasteiger partial charge >= 0.3 is 0 Å². The Balaban J connectivity index is 1.59. The van der Waals surface area contributed by atoms with Gasteiger partial charge in [0.2, 0.25) is 0 Å². The van der Waals surface area contributed by atoms with Crippen LogP contribution in [-0.4, -0.2) is 11.0 Å². The maximum Gasteiger partial charge on any atom is 0.257 e. The minimum atomic E-state index is -0.345. The van der Waals surface area contributed by atoms with Crippen LogP contribution >= 0.6 is 35.4 Å². The molecule has 1 amide bonds. The summed E-state index contributed by atoms with van der Waals surface area (Å²) in [6.45, 7) is 0.420. The molecule has 2 N–H and O–H groups in total. The fourth-order valence-electron chi connectivity index (χ4n) is 2.38. The van der Waals surface area contributed by atoms with Crippen LogP contribution in [0.4, 0.5) is 5.69 Å². The van der Waals surface area contributed by atoms with Gasteiger partial charge in [-0.15, -0.1) is 0 Å². The van der Waals surface area contributed by atoms with E-state index < -0.39 is 0 Å². The fraction of sp³-hybridized carbons (Fsp3) is 0.0476. The van der Waals surface area contributed by atoms with E-state index in [1.807, 2.05) is 30.3 Å². The summed E-state index contributed by atoms with van der Waals surface area (Å²) in [7, 11) is 0. The number of halogens is 2. The van der Waals surface area contributed by atoms with Gasteiger partial charge in [-0.3, -0.25) is 10.1 Å². The van der Waals surface area contributed by atoms with E-state index in [1.165, 1.54) is 0 Å². The summed E-state index contributed by atoms with van der Waals surface area (Å²) in [5.41, 5.74) is 2.10. The van der Waals surface area contributed by atoms with E-state index in [-0.39, 0.29) is 11.0 Å². The molecule has 0 aromatic heterocycles. The number of hydrogen-bond acceptors (Lipinski definition) is 3. The van der Waals surface area contributed by atoms with Gasteiger partial charge in [-0.1, -0.05) is 59.6 Å². The van der Waals surface area contributed by atoms with Gasteiger partial charge < -0.3 is 10.1 Å². The summed E-state index contributed by atoms with van der Waals surface area (Å²) in [6.07, 6.45) is 0. The highest BCUT2D eigenvalue weighted by molar-refractivity contribution is 7.80. The van der Waals surface area contributed by atoms with Crippen LogP contribution < -0.4 is 15.4 Å². The predicted molar refractivity (Wildman–Crippen MR) is 117 cm³/mol. The second kappa shape index (κ2) is 9.55. The number of carbonyl (C=O) groups excluding carboxylic acids is 1. The minimum absolute atomic E-state index is 0.152. The largest absolute Gasteiger partial charge is 0.489 e. The first-order valence-electron chi connectivity index (χ1n) is 8.35. The lowest BCUT2D eigenvalue weighted by atomic mass is 10.2. The lowest BCUT2D eigenvalue weighted by molar-refractivity contribution is 0.0977. The minimum Gasteiger partial charge on any atom is -0.489 e. The molecule has 0 unspecified atom stereocenters. The van der Waals surface area contributed by atoms with E-state index in [2.05, 4.69) is 10.6 Å². The van der Waals surface area contributed by atoms with E-state index in [4.69, 9.17) is 40.2 Å². The Morgan fingerprint density at radius 3 is 2.46 bits per heavy atom. The number of rotatable bonds is 5. The van der Waals surface area contributed by atoms with Crippen LogP contribution in [0.15, 0.2) is 72.8 Å². The highest BCUT2D eigenvalue weighted by Crippen LogP contribution is 2.25. The van der Waals surface area contributed by atoms with Crippen LogP contribution in [0.2, 0.25) is 10.0 Å². The third-order valence-corrected chi connectivity index (χ3v) is 4.69. The van der Waals surface area contributed by atoms with E-state index in [0.29, 0.717) is 33.7 Å². The van der Waals surface area contributed by atoms with Gasteiger partial charge in [0, 0.05) is 11.3 Å². The van der Waals surface area contributed by atoms with Crippen LogP contribution in [-0.2, 0) is 6.61 Å². The van der Waals surface area contributed by atoms with Gasteiger partial charge in [-0.25, -0.2) is 0 Å². The molecule has 0 aliphatic rings. The molecule has 3 aromatic rings. The highest BCUT2D eigenvalue weighted by atomic mass is 35.5. The van der Waals surface area contributed by atoms with Crippen molar-refractivity contribution in [2.45, 2.75) is 6.61 Å². The number of hydrogen-bond donors (Lipinski definition) is 2. The zero-order valence-corrected chi connectivity index (χ0v) is 16.9. The molecule has 0 saturated heterocycles. The highest BCUT2D eigenvalue weighted by Gasteiger charge is 2.10. The normalized spacial score (nSPS) is 10.2. The standard InChI is InChI=1S/C21H16Cl2N2O2S/c22-18-10-9-16(12-19(18)23)24-21(28)25-20(26)15-7-4-8-17(11-15)27-13-14-5-2-1-3-6-14/h1-12H,13H2,(H2,24,25,26,28). The molecule has 0 atom stereocenters. The van der Waals surface area contributed by atoms with Crippen molar-refractivity contribution in [3.8, 4) is 5.75 Å². The van der Waals surface area contributed by atoms with Crippen LogP contribution in [0, 0.1) is 0 Å². The summed E-state index contributed by atoms with van der Waals surface area (Å²) in [5.74, 6) is 0.252. The lowest BCUT2D eigenvalue weighted by Crippen LogP contribution is -2.34. The first kappa shape index (κ1) is 20.1. The molecule has 0 aliphatic heterocycles. The lowest BCUT2D eigenvalue weighted by Gasteiger charge is -2.11. The van der Waals surface area contributed by atoms with Gasteiger partial charge in [0.25, 0.3) is 5.91 Å². The van der Waals surface area contributed by atoms with E-state index in [0.717, 1.165) is 5.56 Å². The molecule has 0 saturated carbocycles. The zero-order chi connectivity index (χ0) is 19.9. The van der Waals surface area contributed by atoms with Crippen LogP contribution in [0.25, 0.3) is 0 Å². The second-order valence-electron chi connectivity index (χ2n) is 5.84. The van der Waals surface area contributed by atoms with Gasteiger partial charge in [-0.2, -0.15) is 0 Å². The number of anilines is 1. The zero-order valence-electron chi connectivity index (χ0n) is 14.6. The molecule has 0 bridgehead atoms. The van der Waals surface area contributed by atoms with Crippen molar-refractivity contribution in [2.75, 3.05) is 5.32 Å². The van der Waals surface area contributed by atoms with E-state index >= 15 is 0 Å². The molecule has 4 nitrogen and oxygen atoms in total. The molecule has 28 heavy (non-hydrogen) atoms. The Labute approximate surface area is 178 Å². The quantitative estimate of drug-likeness (QED) is 0.509. The SMILES string of the molecule is O=C(NC(=S)Nc1ccc(Cl)c(Cl)c1)c1cccc(OCc2ccccc2)c1. The second-order valence-corrected chi connectivity index (χ2v) is 7.06. The van der Waals surface area contributed by atoms with Crippen molar-refractivity contribution in [3.05, 3.63) is 94.0 Å². The van der Waals surface area contributed by atoms with Crippen LogP contribution in [0.3, 0.4) is 0 Å². The predicted octanol–water partition coefficient (Wildman–Crippen LogP) is 5.70. The molecule has 3 aromatic carbocycles. The summed E-state index contributed by atoms with van der Waals surface area (Å²) < 4.78 is 5.75. The maximum atomic E-state index is 12.5. The van der Waals surface area contributed by atoms with Crippen molar-refractivity contribution in [1.82, 2.24) is 5.32 Å². The number of amides is 1. The number of ether oxygens (including phenoxy) is 1. The molecule has 0 aliphatic carbocycles. The third-order valence-electron chi connectivity index (χ3n) is 3.75. The monoisotopic (exact) mass is 430 g/mol. The number of carbonyl (C=O) groups is 1. The average molecular weight is 431 g/mol. The number of benzene rings is 3. The molecule has 0 fully saturated rings. The van der Waals surface area contributed by atoms with Crippen molar-refractivity contribution in [1.29, 1.82) is 0 Å². The number of nitrogens with one attached hydrogen (secondary N) is 2. The first-order valence-corrected chi connectivity index (χ1v) is 9.52. The Kier molecular flexibility index (Phi) is 6.87.